The van der Waals surface area contributed by atoms with Gasteiger partial charge in [0.15, 0.2) is 0 Å². The average Bonchev–Trinajstić information content (AvgIpc) is 3.00. The zero-order chi connectivity index (χ0) is 28.4. The van der Waals surface area contributed by atoms with Crippen molar-refractivity contribution in [3.05, 3.63) is 102 Å². The quantitative estimate of drug-likeness (QED) is 0.174. The van der Waals surface area contributed by atoms with Gasteiger partial charge in [0.25, 0.3) is 0 Å². The molecule has 0 fully saturated rings. The van der Waals surface area contributed by atoms with Crippen LogP contribution in [0.3, 0.4) is 0 Å². The van der Waals surface area contributed by atoms with Crippen LogP contribution in [0.4, 0.5) is 4.79 Å². The number of carbonyl (C=O) groups excluding carboxylic acids is 2. The Morgan fingerprint density at radius 2 is 1.32 bits per heavy atom. The standard InChI is InChI=1S/C35H47N3O2/c1-3-5-7-16-27-37-35(40)38(28-18-8-6-4-2)34(39)32(33-23-15-17-26-36-33)25-24-31(29-19-11-9-12-20-29)30-21-13-10-14-22-30/h9-15,17,19-23,26,31-32H,3-8,16,18,24-25,27-28H2,1-2H3,(H,37,40). The van der Waals surface area contributed by atoms with Gasteiger partial charge in [-0.2, -0.15) is 0 Å². The number of benzene rings is 2. The van der Waals surface area contributed by atoms with Gasteiger partial charge in [0.2, 0.25) is 5.91 Å². The molecular weight excluding hydrogens is 494 g/mol. The van der Waals surface area contributed by atoms with Crippen LogP contribution in [0.1, 0.15) is 107 Å². The summed E-state index contributed by atoms with van der Waals surface area (Å²) >= 11 is 0. The molecule has 3 rings (SSSR count). The molecule has 1 unspecified atom stereocenters. The van der Waals surface area contributed by atoms with Crippen LogP contribution in [0.15, 0.2) is 85.1 Å². The van der Waals surface area contributed by atoms with E-state index in [4.69, 9.17) is 0 Å². The normalized spacial score (nSPS) is 11.8. The molecule has 40 heavy (non-hydrogen) atoms. The Hall–Kier alpha value is -3.47. The highest BCUT2D eigenvalue weighted by molar-refractivity contribution is 5.97. The maximum Gasteiger partial charge on any atom is 0.324 e. The fraction of sp³-hybridized carbons (Fsp3) is 0.457. The van der Waals surface area contributed by atoms with E-state index in [1.165, 1.54) is 16.0 Å². The van der Waals surface area contributed by atoms with Crippen molar-refractivity contribution < 1.29 is 9.59 Å². The van der Waals surface area contributed by atoms with Gasteiger partial charge in [0.1, 0.15) is 0 Å². The number of nitrogens with one attached hydrogen (secondary N) is 1. The van der Waals surface area contributed by atoms with Crippen molar-refractivity contribution in [2.75, 3.05) is 13.1 Å². The van der Waals surface area contributed by atoms with Crippen LogP contribution in [-0.4, -0.2) is 34.9 Å². The van der Waals surface area contributed by atoms with E-state index < -0.39 is 5.92 Å². The fourth-order valence-electron chi connectivity index (χ4n) is 5.25. The molecule has 0 spiro atoms. The Kier molecular flexibility index (Phi) is 14.0. The maximum absolute atomic E-state index is 14.2. The van der Waals surface area contributed by atoms with Crippen LogP contribution >= 0.6 is 0 Å². The first-order valence-corrected chi connectivity index (χ1v) is 15.3. The van der Waals surface area contributed by atoms with Crippen molar-refractivity contribution in [1.29, 1.82) is 0 Å². The van der Waals surface area contributed by atoms with Gasteiger partial charge in [-0.25, -0.2) is 4.79 Å². The Labute approximate surface area is 241 Å². The third-order valence-corrected chi connectivity index (χ3v) is 7.54. The smallest absolute Gasteiger partial charge is 0.324 e. The highest BCUT2D eigenvalue weighted by Gasteiger charge is 2.31. The molecule has 0 aliphatic carbocycles. The summed E-state index contributed by atoms with van der Waals surface area (Å²) in [6, 6.07) is 26.4. The maximum atomic E-state index is 14.2. The summed E-state index contributed by atoms with van der Waals surface area (Å²) in [7, 11) is 0. The van der Waals surface area contributed by atoms with Crippen LogP contribution in [-0.2, 0) is 4.79 Å². The number of imide groups is 1. The fourth-order valence-corrected chi connectivity index (χ4v) is 5.25. The number of urea groups is 1. The van der Waals surface area contributed by atoms with Crippen LogP contribution < -0.4 is 5.32 Å². The molecule has 1 atom stereocenters. The van der Waals surface area contributed by atoms with Crippen LogP contribution in [0.2, 0.25) is 0 Å². The summed E-state index contributed by atoms with van der Waals surface area (Å²) < 4.78 is 0. The Balaban J connectivity index is 1.83. The van der Waals surface area contributed by atoms with Gasteiger partial charge in [0.05, 0.1) is 11.6 Å². The van der Waals surface area contributed by atoms with Gasteiger partial charge in [-0.05, 0) is 48.9 Å². The summed E-state index contributed by atoms with van der Waals surface area (Å²) in [6.07, 6.45) is 11.4. The van der Waals surface area contributed by atoms with E-state index in [1.807, 2.05) is 30.3 Å². The molecule has 3 amide bonds. The largest absolute Gasteiger partial charge is 0.338 e. The molecule has 0 aliphatic heterocycles. The summed E-state index contributed by atoms with van der Waals surface area (Å²) in [4.78, 5) is 33.6. The van der Waals surface area contributed by atoms with Crippen molar-refractivity contribution >= 4 is 11.9 Å². The molecule has 2 aromatic carbocycles. The first-order chi connectivity index (χ1) is 19.7. The molecule has 0 saturated heterocycles. The number of amides is 3. The lowest BCUT2D eigenvalue weighted by molar-refractivity contribution is -0.130. The Morgan fingerprint density at radius 3 is 1.90 bits per heavy atom. The number of hydrogen-bond donors (Lipinski definition) is 1. The van der Waals surface area contributed by atoms with E-state index in [2.05, 4.69) is 72.7 Å². The monoisotopic (exact) mass is 541 g/mol. The van der Waals surface area contributed by atoms with Crippen molar-refractivity contribution in [3.63, 3.8) is 0 Å². The minimum atomic E-state index is -0.492. The lowest BCUT2D eigenvalue weighted by Gasteiger charge is -2.27. The van der Waals surface area contributed by atoms with Gasteiger partial charge >= 0.3 is 6.03 Å². The van der Waals surface area contributed by atoms with E-state index in [1.54, 1.807) is 6.20 Å². The second kappa shape index (κ2) is 18.0. The molecule has 0 aliphatic rings. The molecule has 0 bridgehead atoms. The lowest BCUT2D eigenvalue weighted by Crippen LogP contribution is -2.46. The summed E-state index contributed by atoms with van der Waals surface area (Å²) in [5.41, 5.74) is 3.17. The summed E-state index contributed by atoms with van der Waals surface area (Å²) in [5, 5.41) is 3.03. The SMILES string of the molecule is CCCCCCNC(=O)N(CCCCCC)C(=O)C(CCC(c1ccccc1)c1ccccc1)c1ccccn1. The van der Waals surface area contributed by atoms with Gasteiger partial charge < -0.3 is 5.32 Å². The number of carbonyl (C=O) groups is 2. The van der Waals surface area contributed by atoms with Crippen molar-refractivity contribution in [2.24, 2.45) is 0 Å². The molecule has 0 saturated carbocycles. The second-order valence-corrected chi connectivity index (χ2v) is 10.6. The lowest BCUT2D eigenvalue weighted by atomic mass is 9.84. The molecular formula is C35H47N3O2. The minimum Gasteiger partial charge on any atom is -0.338 e. The van der Waals surface area contributed by atoms with E-state index in [-0.39, 0.29) is 17.9 Å². The average molecular weight is 542 g/mol. The first-order valence-electron chi connectivity index (χ1n) is 15.3. The second-order valence-electron chi connectivity index (χ2n) is 10.6. The van der Waals surface area contributed by atoms with Crippen LogP contribution in [0.5, 0.6) is 0 Å². The molecule has 5 heteroatoms. The molecule has 1 N–H and O–H groups in total. The number of aromatic nitrogens is 1. The zero-order valence-corrected chi connectivity index (χ0v) is 24.4. The molecule has 3 aromatic rings. The number of unbranched alkanes of at least 4 members (excludes halogenated alkanes) is 6. The molecule has 0 radical (unpaired) electrons. The molecule has 1 aromatic heterocycles. The van der Waals surface area contributed by atoms with Crippen molar-refractivity contribution in [1.82, 2.24) is 15.2 Å². The van der Waals surface area contributed by atoms with Crippen LogP contribution in [0, 0.1) is 0 Å². The summed E-state index contributed by atoms with van der Waals surface area (Å²) in [6.45, 7) is 5.37. The summed E-state index contributed by atoms with van der Waals surface area (Å²) in [5.74, 6) is -0.499. The molecule has 214 valence electrons. The van der Waals surface area contributed by atoms with Crippen LogP contribution in [0.25, 0.3) is 0 Å². The Bertz CT molecular complexity index is 1070. The third kappa shape index (κ3) is 9.93. The van der Waals surface area contributed by atoms with Gasteiger partial charge in [0, 0.05) is 25.2 Å². The predicted octanol–water partition coefficient (Wildman–Crippen LogP) is 8.48. The minimum absolute atomic E-state index is 0.145. The number of nitrogens with zero attached hydrogens (tertiary/aromatic N) is 2. The van der Waals surface area contributed by atoms with E-state index in [9.17, 15) is 9.59 Å². The van der Waals surface area contributed by atoms with E-state index in [0.717, 1.165) is 63.5 Å². The van der Waals surface area contributed by atoms with Gasteiger partial charge in [-0.3, -0.25) is 14.7 Å². The number of pyridine rings is 1. The predicted molar refractivity (Wildman–Crippen MR) is 164 cm³/mol. The number of rotatable bonds is 17. The molecule has 1 heterocycles. The molecule has 5 nitrogen and oxygen atoms in total. The van der Waals surface area contributed by atoms with Crippen molar-refractivity contribution in [2.45, 2.75) is 89.9 Å². The topological polar surface area (TPSA) is 62.3 Å². The Morgan fingerprint density at radius 1 is 0.725 bits per heavy atom. The number of hydrogen-bond acceptors (Lipinski definition) is 3. The van der Waals surface area contributed by atoms with E-state index in [0.29, 0.717) is 19.5 Å². The van der Waals surface area contributed by atoms with E-state index >= 15 is 0 Å². The van der Waals surface area contributed by atoms with Gasteiger partial charge in [-0.1, -0.05) is 119 Å². The highest BCUT2D eigenvalue weighted by Crippen LogP contribution is 2.33. The highest BCUT2D eigenvalue weighted by atomic mass is 16.2. The first kappa shape index (κ1) is 31.1. The van der Waals surface area contributed by atoms with Crippen molar-refractivity contribution in [3.8, 4) is 0 Å². The third-order valence-electron chi connectivity index (χ3n) is 7.54. The van der Waals surface area contributed by atoms with Gasteiger partial charge in [-0.15, -0.1) is 0 Å². The zero-order valence-electron chi connectivity index (χ0n) is 24.4.